The van der Waals surface area contributed by atoms with Gasteiger partial charge in [-0.15, -0.1) is 0 Å². The molecule has 0 aromatic carbocycles. The number of hydrogen-bond acceptors (Lipinski definition) is 4. The molecule has 0 amide bonds. The summed E-state index contributed by atoms with van der Waals surface area (Å²) in [5.41, 5.74) is 0. The Morgan fingerprint density at radius 2 is 2.25 bits per heavy atom. The van der Waals surface area contributed by atoms with Gasteiger partial charge in [-0.25, -0.2) is 0 Å². The predicted octanol–water partition coefficient (Wildman–Crippen LogP) is -0.617. The van der Waals surface area contributed by atoms with Crippen molar-refractivity contribution in [1.82, 2.24) is 0 Å². The summed E-state index contributed by atoms with van der Waals surface area (Å²) >= 11 is 0. The van der Waals surface area contributed by atoms with E-state index in [4.69, 9.17) is 9.84 Å². The normalized spacial score (nSPS) is 40.9. The average molecular weight is 118 g/mol. The Hall–Kier alpha value is -0.160. The fourth-order valence-electron chi connectivity index (χ4n) is 0.786. The lowest BCUT2D eigenvalue weighted by Crippen LogP contribution is -2.23. The van der Waals surface area contributed by atoms with E-state index < -0.39 is 12.1 Å². The largest absolute Gasteiger partial charge is 0.384 e. The number of ether oxygens (including phenoxy) is 1. The van der Waals surface area contributed by atoms with Gasteiger partial charge in [0.05, 0.1) is 6.61 Å². The maximum atomic E-state index is 8.94. The monoisotopic (exact) mass is 118 g/mol. The van der Waals surface area contributed by atoms with E-state index in [-0.39, 0.29) is 0 Å². The highest BCUT2D eigenvalue weighted by atomic mass is 17.5. The van der Waals surface area contributed by atoms with Crippen molar-refractivity contribution < 1.29 is 19.6 Å². The van der Waals surface area contributed by atoms with Gasteiger partial charge in [-0.05, 0) is 0 Å². The third-order valence-electron chi connectivity index (χ3n) is 1.35. The lowest BCUT2D eigenvalue weighted by atomic mass is 10.3. The molecule has 1 unspecified atom stereocenters. The summed E-state index contributed by atoms with van der Waals surface area (Å²) in [5.74, 6) is -1.04. The minimum Gasteiger partial charge on any atom is -0.384 e. The zero-order valence-corrected chi connectivity index (χ0v) is 4.16. The summed E-state index contributed by atoms with van der Waals surface area (Å²) in [7, 11) is 0. The topological polar surface area (TPSA) is 54.5 Å². The van der Waals surface area contributed by atoms with Crippen LogP contribution < -0.4 is 0 Å². The van der Waals surface area contributed by atoms with Crippen molar-refractivity contribution in [2.75, 3.05) is 6.61 Å². The molecule has 4 heteroatoms. The van der Waals surface area contributed by atoms with Gasteiger partial charge in [0.2, 0.25) is 0 Å². The minimum absolute atomic E-state index is 0.515. The Labute approximate surface area is 45.9 Å². The highest BCUT2D eigenvalue weighted by molar-refractivity contribution is 4.78. The molecule has 2 rings (SSSR count). The first-order chi connectivity index (χ1) is 3.83. The van der Waals surface area contributed by atoms with E-state index in [0.717, 1.165) is 0 Å². The average Bonchev–Trinajstić information content (AvgIpc) is 2.39. The first-order valence-electron chi connectivity index (χ1n) is 2.52. The zero-order chi connectivity index (χ0) is 5.61. The summed E-state index contributed by atoms with van der Waals surface area (Å²) in [4.78, 5) is 8.79. The van der Waals surface area contributed by atoms with Crippen LogP contribution in [0.3, 0.4) is 0 Å². The summed E-state index contributed by atoms with van der Waals surface area (Å²) in [6, 6.07) is 0. The second-order valence-electron chi connectivity index (χ2n) is 1.92. The molecule has 4 nitrogen and oxygen atoms in total. The van der Waals surface area contributed by atoms with Crippen LogP contribution in [0, 0.1) is 0 Å². The van der Waals surface area contributed by atoms with Crippen molar-refractivity contribution in [3.63, 3.8) is 0 Å². The molecule has 2 aliphatic rings. The van der Waals surface area contributed by atoms with Crippen LogP contribution in [0.1, 0.15) is 6.42 Å². The number of aliphatic hydroxyl groups is 1. The second kappa shape index (κ2) is 1.22. The summed E-state index contributed by atoms with van der Waals surface area (Å²) in [5, 5.41) is 8.94. The molecular formula is C4H6O4. The Kier molecular flexibility index (Phi) is 0.715. The van der Waals surface area contributed by atoms with Crippen LogP contribution in [0.25, 0.3) is 0 Å². The molecule has 2 fully saturated rings. The van der Waals surface area contributed by atoms with Gasteiger partial charge in [0, 0.05) is 6.42 Å². The van der Waals surface area contributed by atoms with E-state index in [1.807, 2.05) is 0 Å². The van der Waals surface area contributed by atoms with Crippen molar-refractivity contribution >= 4 is 0 Å². The van der Waals surface area contributed by atoms with Crippen LogP contribution in [0.4, 0.5) is 0 Å². The first-order valence-corrected chi connectivity index (χ1v) is 2.52. The smallest absolute Gasteiger partial charge is 0.366 e. The number of aliphatic hydroxyl groups excluding tert-OH is 1. The molecule has 0 bridgehead atoms. The molecule has 0 radical (unpaired) electrons. The van der Waals surface area contributed by atoms with Crippen LogP contribution in [0.15, 0.2) is 0 Å². The summed E-state index contributed by atoms with van der Waals surface area (Å²) < 4.78 is 4.87. The molecule has 2 heterocycles. The van der Waals surface area contributed by atoms with Gasteiger partial charge in [0.1, 0.15) is 6.10 Å². The van der Waals surface area contributed by atoms with Crippen LogP contribution in [0.2, 0.25) is 0 Å². The maximum absolute atomic E-state index is 8.94. The van der Waals surface area contributed by atoms with Gasteiger partial charge in [0.25, 0.3) is 0 Å². The SMILES string of the molecule is OC1CCOC12OO2. The third-order valence-corrected chi connectivity index (χ3v) is 1.35. The van der Waals surface area contributed by atoms with E-state index in [0.29, 0.717) is 13.0 Å². The lowest BCUT2D eigenvalue weighted by Gasteiger charge is -1.98. The van der Waals surface area contributed by atoms with Gasteiger partial charge >= 0.3 is 5.97 Å². The van der Waals surface area contributed by atoms with Crippen molar-refractivity contribution in [3.05, 3.63) is 0 Å². The van der Waals surface area contributed by atoms with E-state index >= 15 is 0 Å². The van der Waals surface area contributed by atoms with Gasteiger partial charge in [0.15, 0.2) is 0 Å². The van der Waals surface area contributed by atoms with E-state index in [1.54, 1.807) is 0 Å². The summed E-state index contributed by atoms with van der Waals surface area (Å²) in [6.07, 6.45) is 0.00231. The molecular weight excluding hydrogens is 112 g/mol. The van der Waals surface area contributed by atoms with Gasteiger partial charge in [-0.2, -0.15) is 9.78 Å². The van der Waals surface area contributed by atoms with Crippen molar-refractivity contribution in [1.29, 1.82) is 0 Å². The third kappa shape index (κ3) is 0.430. The summed E-state index contributed by atoms with van der Waals surface area (Å²) in [6.45, 7) is 0.515. The Bertz CT molecular complexity index is 109. The molecule has 0 aromatic heterocycles. The van der Waals surface area contributed by atoms with Crippen molar-refractivity contribution in [3.8, 4) is 0 Å². The predicted molar refractivity (Wildman–Crippen MR) is 21.5 cm³/mol. The van der Waals surface area contributed by atoms with Gasteiger partial charge in [-0.1, -0.05) is 0 Å². The quantitative estimate of drug-likeness (QED) is 0.340. The van der Waals surface area contributed by atoms with Gasteiger partial charge < -0.3 is 9.84 Å². The van der Waals surface area contributed by atoms with E-state index in [9.17, 15) is 0 Å². The molecule has 1 spiro atoms. The van der Waals surface area contributed by atoms with Crippen LogP contribution >= 0.6 is 0 Å². The van der Waals surface area contributed by atoms with Crippen molar-refractivity contribution in [2.24, 2.45) is 0 Å². The first kappa shape index (κ1) is 4.69. The Morgan fingerprint density at radius 1 is 1.50 bits per heavy atom. The highest BCUT2D eigenvalue weighted by Crippen LogP contribution is 2.40. The fourth-order valence-corrected chi connectivity index (χ4v) is 0.786. The standard InChI is InChI=1S/C4H6O4/c5-3-1-2-6-4(3)7-8-4/h3,5H,1-2H2. The molecule has 46 valence electrons. The molecule has 1 atom stereocenters. The Balaban J connectivity index is 2.12. The second-order valence-corrected chi connectivity index (χ2v) is 1.92. The van der Waals surface area contributed by atoms with Crippen LogP contribution in [-0.2, 0) is 14.5 Å². The lowest BCUT2D eigenvalue weighted by molar-refractivity contribution is -0.0657. The zero-order valence-electron chi connectivity index (χ0n) is 4.16. The van der Waals surface area contributed by atoms with Crippen LogP contribution in [-0.4, -0.2) is 23.8 Å². The van der Waals surface area contributed by atoms with Crippen LogP contribution in [0.5, 0.6) is 0 Å². The Morgan fingerprint density at radius 3 is 2.50 bits per heavy atom. The number of rotatable bonds is 0. The van der Waals surface area contributed by atoms with Gasteiger partial charge in [-0.3, -0.25) is 0 Å². The minimum atomic E-state index is -1.04. The molecule has 1 N–H and O–H groups in total. The molecule has 8 heavy (non-hydrogen) atoms. The van der Waals surface area contributed by atoms with Crippen molar-refractivity contribution in [2.45, 2.75) is 18.5 Å². The highest BCUT2D eigenvalue weighted by Gasteiger charge is 2.60. The fraction of sp³-hybridized carbons (Fsp3) is 1.00. The molecule has 0 saturated carbocycles. The van der Waals surface area contributed by atoms with E-state index in [1.165, 1.54) is 0 Å². The number of hydrogen-bond donors (Lipinski definition) is 1. The molecule has 2 aliphatic heterocycles. The molecule has 0 aliphatic carbocycles. The van der Waals surface area contributed by atoms with E-state index in [2.05, 4.69) is 9.78 Å². The molecule has 0 aromatic rings. The molecule has 2 saturated heterocycles. The maximum Gasteiger partial charge on any atom is 0.366 e.